The highest BCUT2D eigenvalue weighted by Crippen LogP contribution is 2.40. The molecule has 1 amide bonds. The van der Waals surface area contributed by atoms with E-state index in [4.69, 9.17) is 4.74 Å². The second-order valence-electron chi connectivity index (χ2n) is 9.25. The summed E-state index contributed by atoms with van der Waals surface area (Å²) in [6.07, 6.45) is 11.8. The first-order valence-corrected chi connectivity index (χ1v) is 12.0. The molecule has 2 aliphatic rings. The summed E-state index contributed by atoms with van der Waals surface area (Å²) in [5, 5.41) is 10.1. The van der Waals surface area contributed by atoms with Gasteiger partial charge in [-0.15, -0.1) is 24.0 Å². The summed E-state index contributed by atoms with van der Waals surface area (Å²) in [5.41, 5.74) is 2.32. The maximum atomic E-state index is 12.5. The van der Waals surface area contributed by atoms with Crippen molar-refractivity contribution in [2.75, 3.05) is 32.6 Å². The molecule has 6 nitrogen and oxygen atoms in total. The predicted molar refractivity (Wildman–Crippen MR) is 143 cm³/mol. The Balaban J connectivity index is 0.00000363. The Morgan fingerprint density at radius 3 is 2.56 bits per heavy atom. The smallest absolute Gasteiger partial charge is 0.227 e. The Kier molecular flexibility index (Phi) is 11.8. The molecule has 7 heteroatoms. The molecule has 2 fully saturated rings. The zero-order valence-corrected chi connectivity index (χ0v) is 22.1. The minimum atomic E-state index is 0. The summed E-state index contributed by atoms with van der Waals surface area (Å²) in [6.45, 7) is 2.40. The van der Waals surface area contributed by atoms with E-state index in [2.05, 4.69) is 33.1 Å². The predicted octanol–water partition coefficient (Wildman–Crippen LogP) is 5.09. The lowest BCUT2D eigenvalue weighted by Gasteiger charge is -2.30. The van der Waals surface area contributed by atoms with E-state index in [1.165, 1.54) is 44.9 Å². The Labute approximate surface area is 210 Å². The van der Waals surface area contributed by atoms with Crippen LogP contribution in [0.5, 0.6) is 0 Å². The first-order chi connectivity index (χ1) is 15.1. The van der Waals surface area contributed by atoms with Gasteiger partial charge in [0.05, 0.1) is 0 Å². The number of amides is 1. The third-order valence-electron chi connectivity index (χ3n) is 6.99. The number of ether oxygens (including phenoxy) is 1. The maximum absolute atomic E-state index is 12.5. The summed E-state index contributed by atoms with van der Waals surface area (Å²) in [6, 6.07) is 8.10. The molecule has 0 atom stereocenters. The molecule has 3 rings (SSSR count). The first kappa shape index (κ1) is 26.9. The second kappa shape index (κ2) is 14.0. The van der Waals surface area contributed by atoms with E-state index in [9.17, 15) is 4.79 Å². The lowest BCUT2D eigenvalue weighted by Crippen LogP contribution is -2.43. The number of hydrogen-bond donors (Lipinski definition) is 3. The number of halogens is 1. The number of hydrogen-bond acceptors (Lipinski definition) is 3. The van der Waals surface area contributed by atoms with E-state index in [-0.39, 0.29) is 35.8 Å². The maximum Gasteiger partial charge on any atom is 0.227 e. The van der Waals surface area contributed by atoms with Gasteiger partial charge in [-0.3, -0.25) is 9.79 Å². The van der Waals surface area contributed by atoms with Crippen molar-refractivity contribution in [3.05, 3.63) is 29.8 Å². The van der Waals surface area contributed by atoms with Crippen molar-refractivity contribution in [3.8, 4) is 0 Å². The summed E-state index contributed by atoms with van der Waals surface area (Å²) < 4.78 is 5.34. The van der Waals surface area contributed by atoms with Gasteiger partial charge in [0, 0.05) is 45.5 Å². The molecule has 1 aromatic rings. The number of benzene rings is 1. The van der Waals surface area contributed by atoms with Crippen LogP contribution in [0.1, 0.15) is 69.8 Å². The zero-order chi connectivity index (χ0) is 21.9. The van der Waals surface area contributed by atoms with Gasteiger partial charge in [0.1, 0.15) is 0 Å². The second-order valence-corrected chi connectivity index (χ2v) is 9.25. The third kappa shape index (κ3) is 8.21. The average Bonchev–Trinajstić information content (AvgIpc) is 3.28. The number of methoxy groups -OCH3 is 1. The van der Waals surface area contributed by atoms with Crippen LogP contribution in [0, 0.1) is 11.3 Å². The highest BCUT2D eigenvalue weighted by Gasteiger charge is 2.33. The monoisotopic (exact) mass is 556 g/mol. The molecule has 2 aliphatic carbocycles. The lowest BCUT2D eigenvalue weighted by molar-refractivity contribution is -0.120. The molecule has 180 valence electrons. The van der Waals surface area contributed by atoms with Crippen molar-refractivity contribution in [1.29, 1.82) is 0 Å². The minimum absolute atomic E-state index is 0. The number of aliphatic imine (C=N–C) groups is 1. The number of carbonyl (C=O) groups is 1. The van der Waals surface area contributed by atoms with Gasteiger partial charge >= 0.3 is 0 Å². The van der Waals surface area contributed by atoms with Gasteiger partial charge in [0.2, 0.25) is 5.91 Å². The van der Waals surface area contributed by atoms with Gasteiger partial charge in [-0.25, -0.2) is 0 Å². The van der Waals surface area contributed by atoms with E-state index in [1.54, 1.807) is 7.11 Å². The van der Waals surface area contributed by atoms with Gasteiger partial charge in [-0.1, -0.05) is 44.2 Å². The van der Waals surface area contributed by atoms with Gasteiger partial charge in [0.15, 0.2) is 5.96 Å². The van der Waals surface area contributed by atoms with Gasteiger partial charge < -0.3 is 20.7 Å². The van der Waals surface area contributed by atoms with Crippen LogP contribution < -0.4 is 16.0 Å². The molecule has 0 unspecified atom stereocenters. The van der Waals surface area contributed by atoms with E-state index in [0.717, 1.165) is 49.6 Å². The Morgan fingerprint density at radius 1 is 1.12 bits per heavy atom. The number of nitrogens with zero attached hydrogens (tertiary/aromatic N) is 1. The van der Waals surface area contributed by atoms with Crippen LogP contribution in [0.25, 0.3) is 0 Å². The van der Waals surface area contributed by atoms with Crippen molar-refractivity contribution >= 4 is 41.5 Å². The molecular formula is C25H41IN4O2. The van der Waals surface area contributed by atoms with Gasteiger partial charge in [-0.2, -0.15) is 0 Å². The molecule has 0 spiro atoms. The zero-order valence-electron chi connectivity index (χ0n) is 19.8. The summed E-state index contributed by atoms with van der Waals surface area (Å²) in [4.78, 5) is 16.9. The minimum Gasteiger partial charge on any atom is -0.385 e. The Morgan fingerprint density at radius 2 is 1.88 bits per heavy atom. The van der Waals surface area contributed by atoms with Crippen LogP contribution in [0.2, 0.25) is 0 Å². The fourth-order valence-electron chi connectivity index (χ4n) is 5.00. The molecule has 0 saturated heterocycles. The molecule has 1 aromatic carbocycles. The highest BCUT2D eigenvalue weighted by atomic mass is 127. The molecule has 2 saturated carbocycles. The normalized spacial score (nSPS) is 18.6. The Hall–Kier alpha value is -1.35. The van der Waals surface area contributed by atoms with E-state index in [0.29, 0.717) is 12.0 Å². The molecule has 0 aromatic heterocycles. The van der Waals surface area contributed by atoms with Crippen LogP contribution in [-0.4, -0.2) is 39.2 Å². The van der Waals surface area contributed by atoms with Crippen molar-refractivity contribution in [3.63, 3.8) is 0 Å². The quantitative estimate of drug-likeness (QED) is 0.225. The van der Waals surface area contributed by atoms with Crippen LogP contribution >= 0.6 is 24.0 Å². The molecule has 0 aliphatic heterocycles. The van der Waals surface area contributed by atoms with Crippen LogP contribution in [-0.2, 0) is 16.1 Å². The lowest BCUT2D eigenvalue weighted by atomic mass is 9.83. The van der Waals surface area contributed by atoms with Crippen LogP contribution in [0.3, 0.4) is 0 Å². The fraction of sp³-hybridized carbons (Fsp3) is 0.680. The van der Waals surface area contributed by atoms with Crippen molar-refractivity contribution in [2.24, 2.45) is 16.3 Å². The van der Waals surface area contributed by atoms with Gasteiger partial charge in [-0.05, 0) is 55.2 Å². The molecule has 32 heavy (non-hydrogen) atoms. The molecule has 3 N–H and O–H groups in total. The fourth-order valence-corrected chi connectivity index (χ4v) is 5.00. The number of guanidine groups is 1. The molecular weight excluding hydrogens is 515 g/mol. The van der Waals surface area contributed by atoms with Crippen LogP contribution in [0.4, 0.5) is 5.69 Å². The molecule has 0 radical (unpaired) electrons. The first-order valence-electron chi connectivity index (χ1n) is 12.0. The van der Waals surface area contributed by atoms with Crippen molar-refractivity contribution in [1.82, 2.24) is 10.6 Å². The number of rotatable bonds is 9. The summed E-state index contributed by atoms with van der Waals surface area (Å²) in [5.74, 6) is 1.15. The number of carbonyl (C=O) groups excluding carboxylic acids is 1. The third-order valence-corrected chi connectivity index (χ3v) is 6.99. The highest BCUT2D eigenvalue weighted by molar-refractivity contribution is 14.0. The number of nitrogens with one attached hydrogen (secondary N) is 3. The SMILES string of the molecule is CN=C(NCc1cccc(NC(=O)C2CCCCC2)c1)NCC1(CCOC)CCCC1.I. The Bertz CT molecular complexity index is 728. The van der Waals surface area contributed by atoms with Crippen molar-refractivity contribution in [2.45, 2.75) is 70.8 Å². The summed E-state index contributed by atoms with van der Waals surface area (Å²) >= 11 is 0. The standard InChI is InChI=1S/C25H40N4O2.HI/c1-26-24(28-19-25(15-16-31-2)13-6-7-14-25)27-18-20-9-8-12-22(17-20)29-23(30)21-10-4-3-5-11-21;/h8-9,12,17,21H,3-7,10-11,13-16,18-19H2,1-2H3,(H,29,30)(H2,26,27,28);1H. The van der Waals surface area contributed by atoms with E-state index in [1.807, 2.05) is 19.2 Å². The summed E-state index contributed by atoms with van der Waals surface area (Å²) in [7, 11) is 3.59. The molecule has 0 bridgehead atoms. The average molecular weight is 557 g/mol. The van der Waals surface area contributed by atoms with Crippen molar-refractivity contribution < 1.29 is 9.53 Å². The van der Waals surface area contributed by atoms with E-state index >= 15 is 0 Å². The van der Waals surface area contributed by atoms with Crippen LogP contribution in [0.15, 0.2) is 29.3 Å². The number of anilines is 1. The molecule has 0 heterocycles. The van der Waals surface area contributed by atoms with Gasteiger partial charge in [0.25, 0.3) is 0 Å². The largest absolute Gasteiger partial charge is 0.385 e. The van der Waals surface area contributed by atoms with E-state index < -0.39 is 0 Å². The topological polar surface area (TPSA) is 74.8 Å².